The summed E-state index contributed by atoms with van der Waals surface area (Å²) in [7, 11) is 3.23. The number of carbonyl (C=O) groups excluding carboxylic acids is 2. The fraction of sp³-hybridized carbons (Fsp3) is 0.417. The van der Waals surface area contributed by atoms with E-state index in [1.165, 1.54) is 26.1 Å². The summed E-state index contributed by atoms with van der Waals surface area (Å²) in [4.78, 5) is 26.4. The number of halogens is 2. The first-order chi connectivity index (χ1) is 15.8. The summed E-state index contributed by atoms with van der Waals surface area (Å²) in [6.45, 7) is 8.00. The maximum atomic E-state index is 13.5. The molecule has 2 aromatic carbocycles. The van der Waals surface area contributed by atoms with Gasteiger partial charge in [0.05, 0.1) is 0 Å². The lowest BCUT2D eigenvalue weighted by Crippen LogP contribution is -2.51. The lowest BCUT2D eigenvalue weighted by Gasteiger charge is -2.39. The number of hydrogen-bond donors (Lipinski definition) is 2. The quantitative estimate of drug-likeness (QED) is 0.643. The third-order valence-electron chi connectivity index (χ3n) is 5.24. The highest BCUT2D eigenvalue weighted by Crippen LogP contribution is 2.23. The fourth-order valence-electron chi connectivity index (χ4n) is 3.28. The molecule has 1 saturated heterocycles. The van der Waals surface area contributed by atoms with Crippen molar-refractivity contribution in [2.75, 3.05) is 55.4 Å². The molecular formula is C24H35F2N5O2. The van der Waals surface area contributed by atoms with Crippen molar-refractivity contribution < 1.29 is 18.4 Å². The van der Waals surface area contributed by atoms with Crippen molar-refractivity contribution in [3.8, 4) is 0 Å². The van der Waals surface area contributed by atoms with Crippen LogP contribution in [0, 0.1) is 18.6 Å². The third kappa shape index (κ3) is 8.02. The number of amides is 2. The van der Waals surface area contributed by atoms with E-state index in [1.807, 2.05) is 43.0 Å². The second-order valence-corrected chi connectivity index (χ2v) is 7.47. The van der Waals surface area contributed by atoms with Crippen molar-refractivity contribution in [2.45, 2.75) is 26.8 Å². The fourth-order valence-corrected chi connectivity index (χ4v) is 3.28. The molecule has 0 radical (unpaired) electrons. The molecule has 1 heterocycles. The molecule has 1 unspecified atom stereocenters. The number of carbonyl (C=O) groups is 2. The van der Waals surface area contributed by atoms with Gasteiger partial charge in [-0.05, 0) is 58.2 Å². The van der Waals surface area contributed by atoms with Crippen LogP contribution in [0.25, 0.3) is 0 Å². The molecule has 0 saturated carbocycles. The van der Waals surface area contributed by atoms with Gasteiger partial charge in [0.2, 0.25) is 12.8 Å². The Kier molecular flexibility index (Phi) is 11.9. The molecule has 0 bridgehead atoms. The summed E-state index contributed by atoms with van der Waals surface area (Å²) in [6, 6.07) is 10.5. The van der Waals surface area contributed by atoms with Crippen molar-refractivity contribution in [1.29, 1.82) is 0 Å². The van der Waals surface area contributed by atoms with Crippen LogP contribution in [0.1, 0.15) is 19.4 Å². The second kappa shape index (κ2) is 14.1. The summed E-state index contributed by atoms with van der Waals surface area (Å²) in [5, 5.41) is 3.18. The highest BCUT2D eigenvalue weighted by molar-refractivity contribution is 5.76. The zero-order valence-corrected chi connectivity index (χ0v) is 20.0. The van der Waals surface area contributed by atoms with Gasteiger partial charge < -0.3 is 25.8 Å². The Bertz CT molecular complexity index is 874. The monoisotopic (exact) mass is 463 g/mol. The summed E-state index contributed by atoms with van der Waals surface area (Å²) < 4.78 is 27.0. The summed E-state index contributed by atoms with van der Waals surface area (Å²) >= 11 is 0. The Balaban J connectivity index is 0.000000322. The Labute approximate surface area is 195 Å². The first-order valence-corrected chi connectivity index (χ1v) is 10.8. The molecule has 1 aliphatic heterocycles. The lowest BCUT2D eigenvalue weighted by molar-refractivity contribution is -0.120. The van der Waals surface area contributed by atoms with E-state index in [1.54, 1.807) is 16.8 Å². The average molecular weight is 464 g/mol. The highest BCUT2D eigenvalue weighted by atomic mass is 19.1. The number of benzene rings is 2. The van der Waals surface area contributed by atoms with Crippen molar-refractivity contribution in [2.24, 2.45) is 5.73 Å². The number of anilines is 3. The third-order valence-corrected chi connectivity index (χ3v) is 5.24. The lowest BCUT2D eigenvalue weighted by atomic mass is 10.1. The molecule has 3 N–H and O–H groups in total. The summed E-state index contributed by atoms with van der Waals surface area (Å²) in [5.74, 6) is -1.06. The smallest absolute Gasteiger partial charge is 0.213 e. The van der Waals surface area contributed by atoms with Crippen LogP contribution in [0.5, 0.6) is 0 Å². The van der Waals surface area contributed by atoms with E-state index in [0.29, 0.717) is 25.3 Å². The van der Waals surface area contributed by atoms with Crippen molar-refractivity contribution in [1.82, 2.24) is 4.90 Å². The van der Waals surface area contributed by atoms with Gasteiger partial charge in [0.1, 0.15) is 11.6 Å². The van der Waals surface area contributed by atoms with Gasteiger partial charge in [-0.3, -0.25) is 9.59 Å². The largest absolute Gasteiger partial charge is 0.385 e. The maximum absolute atomic E-state index is 13.5. The Morgan fingerprint density at radius 2 is 1.79 bits per heavy atom. The molecule has 182 valence electrons. The molecule has 2 aromatic rings. The molecule has 1 atom stereocenters. The van der Waals surface area contributed by atoms with Crippen LogP contribution >= 0.6 is 0 Å². The minimum atomic E-state index is -0.532. The Hall–Kier alpha value is -3.20. The number of nitrogens with two attached hydrogens (primary N) is 1. The topological polar surface area (TPSA) is 81.9 Å². The number of rotatable bonds is 6. The first-order valence-electron chi connectivity index (χ1n) is 10.8. The number of piperazine rings is 1. The molecule has 1 aliphatic rings. The van der Waals surface area contributed by atoms with Crippen LogP contribution in [-0.4, -0.2) is 64.0 Å². The minimum absolute atomic E-state index is 0.0401. The molecular weight excluding hydrogens is 428 g/mol. The molecule has 9 heteroatoms. The van der Waals surface area contributed by atoms with Crippen LogP contribution in [0.15, 0.2) is 36.4 Å². The standard InChI is InChI=1S/C13H16F2N2O.C10H14N2O.CH5N/c1-9-7-16(3-4-17(9)8-18)11-5-12(14)10(2)13(15)6-11;1-3-11-9-5-4-6-10(7-9)12(2)8-13;1-2/h5-6,8-9H,3-4,7H2,1-2H3;4-8,11H,3H2,1-2H3;2H2,1H3. The Morgan fingerprint density at radius 3 is 2.30 bits per heavy atom. The zero-order valence-electron chi connectivity index (χ0n) is 20.0. The van der Waals surface area contributed by atoms with Crippen molar-refractivity contribution in [3.05, 3.63) is 53.6 Å². The van der Waals surface area contributed by atoms with Crippen LogP contribution in [-0.2, 0) is 9.59 Å². The second-order valence-electron chi connectivity index (χ2n) is 7.47. The molecule has 0 aliphatic carbocycles. The van der Waals surface area contributed by atoms with Crippen LogP contribution < -0.4 is 20.9 Å². The molecule has 1 fully saturated rings. The van der Waals surface area contributed by atoms with Gasteiger partial charge in [0.25, 0.3) is 0 Å². The molecule has 33 heavy (non-hydrogen) atoms. The number of nitrogens with zero attached hydrogens (tertiary/aromatic N) is 3. The van der Waals surface area contributed by atoms with Crippen molar-refractivity contribution >= 4 is 29.9 Å². The van der Waals surface area contributed by atoms with E-state index in [-0.39, 0.29) is 11.6 Å². The van der Waals surface area contributed by atoms with E-state index < -0.39 is 11.6 Å². The first kappa shape index (κ1) is 27.8. The van der Waals surface area contributed by atoms with Gasteiger partial charge in [-0.2, -0.15) is 0 Å². The van der Waals surface area contributed by atoms with Gasteiger partial charge in [0, 0.05) is 61.9 Å². The van der Waals surface area contributed by atoms with Gasteiger partial charge in [-0.15, -0.1) is 0 Å². The van der Waals surface area contributed by atoms with Crippen molar-refractivity contribution in [3.63, 3.8) is 0 Å². The van der Waals surface area contributed by atoms with Gasteiger partial charge in [-0.25, -0.2) is 8.78 Å². The van der Waals surface area contributed by atoms with E-state index in [4.69, 9.17) is 0 Å². The predicted octanol–water partition coefficient (Wildman–Crippen LogP) is 3.23. The van der Waals surface area contributed by atoms with Crippen LogP contribution in [0.2, 0.25) is 0 Å². The maximum Gasteiger partial charge on any atom is 0.213 e. The Morgan fingerprint density at radius 1 is 1.15 bits per heavy atom. The van der Waals surface area contributed by atoms with Crippen LogP contribution in [0.4, 0.5) is 25.8 Å². The molecule has 3 rings (SSSR count). The van der Waals surface area contributed by atoms with E-state index in [0.717, 1.165) is 30.7 Å². The van der Waals surface area contributed by atoms with Crippen LogP contribution in [0.3, 0.4) is 0 Å². The summed E-state index contributed by atoms with van der Waals surface area (Å²) in [5.41, 5.74) is 7.01. The predicted molar refractivity (Wildman–Crippen MR) is 131 cm³/mol. The van der Waals surface area contributed by atoms with Gasteiger partial charge >= 0.3 is 0 Å². The molecule has 7 nitrogen and oxygen atoms in total. The highest BCUT2D eigenvalue weighted by Gasteiger charge is 2.23. The SMILES string of the molecule is CCNc1cccc(N(C)C=O)c1.CN.Cc1c(F)cc(N2CCN(C=O)C(C)C2)cc1F. The normalized spacial score (nSPS) is 14.8. The van der Waals surface area contributed by atoms with Gasteiger partial charge in [-0.1, -0.05) is 6.07 Å². The van der Waals surface area contributed by atoms with E-state index >= 15 is 0 Å². The van der Waals surface area contributed by atoms with E-state index in [9.17, 15) is 18.4 Å². The average Bonchev–Trinajstić information content (AvgIpc) is 2.83. The van der Waals surface area contributed by atoms with Gasteiger partial charge in [0.15, 0.2) is 0 Å². The molecule has 0 aromatic heterocycles. The molecule has 0 spiro atoms. The molecule has 2 amide bonds. The zero-order chi connectivity index (χ0) is 25.0. The van der Waals surface area contributed by atoms with E-state index in [2.05, 4.69) is 11.1 Å². The summed E-state index contributed by atoms with van der Waals surface area (Å²) in [6.07, 6.45) is 1.61. The number of nitrogens with one attached hydrogen (secondary N) is 1. The minimum Gasteiger partial charge on any atom is -0.385 e. The number of hydrogen-bond acceptors (Lipinski definition) is 5.